The first kappa shape index (κ1) is 63.1. The molecular formula is C72H71BF6O5P2. The Kier molecular flexibility index (Phi) is 17.4. The molecule has 0 aromatic heterocycles. The molecule has 0 N–H and O–H groups in total. The van der Waals surface area contributed by atoms with E-state index in [0.29, 0.717) is 88.5 Å². The summed E-state index contributed by atoms with van der Waals surface area (Å²) < 4.78 is 117. The number of carbonyl (C=O) groups excluding carboxylic acids is 2. The van der Waals surface area contributed by atoms with Gasteiger partial charge < -0.3 is 0 Å². The molecule has 9 aromatic rings. The summed E-state index contributed by atoms with van der Waals surface area (Å²) >= 11 is 0. The standard InChI is InChI=1S/C72H71BF6O5P2/c1-46-25-19-35-65(52(46)7)85(66-36-20-26-47(2)53(66)8,67-37-21-27-48(3)54(67)9,44-63(80)58-31-15-13-16-32-58)83-73(82-62-42-60(71(74,75)76)41-61(43-62)72(77,78)79)84-86(68-38-22-28-49(4)55(68)10,69-39-23-29-50(5)56(69)11,70-40-24-30-51(6)57(70)12)45-64(81)59-33-17-14-18-34-59/h13-43H,44-45H2,1-12H3. The minimum atomic E-state index is -5.57. The van der Waals surface area contributed by atoms with Crippen LogP contribution in [0.1, 0.15) is 98.6 Å². The summed E-state index contributed by atoms with van der Waals surface area (Å²) in [5, 5.41) is 3.20. The molecule has 0 bridgehead atoms. The van der Waals surface area contributed by atoms with E-state index in [1.54, 1.807) is 60.7 Å². The Morgan fingerprint density at radius 1 is 0.349 bits per heavy atom. The van der Waals surface area contributed by atoms with Crippen LogP contribution in [0.25, 0.3) is 0 Å². The van der Waals surface area contributed by atoms with E-state index in [2.05, 4.69) is 0 Å². The summed E-state index contributed by atoms with van der Waals surface area (Å²) in [4.78, 5) is 32.7. The average molecular weight is 1200 g/mol. The third-order valence-electron chi connectivity index (χ3n) is 18.0. The predicted molar refractivity (Wildman–Crippen MR) is 343 cm³/mol. The SMILES string of the molecule is Cc1cccc(P(CC(=O)c2ccccc2)(OB(Oc2cc(C(F)(F)F)cc(C(F)(F)F)c2)OP(CC(=O)c2ccccc2)(c2cccc(C)c2C)(c2cccc(C)c2C)c2cccc(C)c2C)(c2cccc(C)c2C)c2cccc(C)c2C)c1C. The van der Waals surface area contributed by atoms with Gasteiger partial charge in [0.1, 0.15) is 0 Å². The zero-order valence-corrected chi connectivity index (χ0v) is 52.4. The Morgan fingerprint density at radius 3 is 0.826 bits per heavy atom. The first-order valence-corrected chi connectivity index (χ1v) is 33.2. The van der Waals surface area contributed by atoms with E-state index < -0.39 is 74.1 Å². The van der Waals surface area contributed by atoms with Gasteiger partial charge in [-0.25, -0.2) is 0 Å². The number of carbonyl (C=O) groups is 2. The fraction of sp³-hybridized carbons (Fsp3) is 0.222. The van der Waals surface area contributed by atoms with E-state index >= 15 is 35.9 Å². The van der Waals surface area contributed by atoms with Gasteiger partial charge in [-0.15, -0.1) is 0 Å². The van der Waals surface area contributed by atoms with Gasteiger partial charge in [-0.05, 0) is 0 Å². The molecule has 14 heteroatoms. The number of Topliss-reactive ketones (excluding diaryl/α,β-unsaturated/α-hetero) is 2. The summed E-state index contributed by atoms with van der Waals surface area (Å²) in [7, 11) is -2.42. The van der Waals surface area contributed by atoms with Crippen LogP contribution in [-0.2, 0) is 21.2 Å². The van der Waals surface area contributed by atoms with E-state index in [1.165, 1.54) is 0 Å². The molecule has 0 aliphatic rings. The van der Waals surface area contributed by atoms with Crippen molar-refractivity contribution in [2.45, 2.75) is 95.4 Å². The molecule has 0 amide bonds. The van der Waals surface area contributed by atoms with Crippen LogP contribution in [0, 0.1) is 83.1 Å². The Morgan fingerprint density at radius 2 is 0.593 bits per heavy atom. The quantitative estimate of drug-likeness (QED) is 0.0371. The number of benzene rings is 9. The second-order valence-electron chi connectivity index (χ2n) is 23.0. The maximum absolute atomic E-state index is 16.4. The average Bonchev–Trinajstić information content (AvgIpc) is 0.680. The molecule has 0 radical (unpaired) electrons. The van der Waals surface area contributed by atoms with Gasteiger partial charge in [-0.2, -0.15) is 0 Å². The molecule has 0 unspecified atom stereocenters. The minimum absolute atomic E-state index is 0.0469. The van der Waals surface area contributed by atoms with Gasteiger partial charge in [0.05, 0.1) is 0 Å². The molecule has 0 atom stereocenters. The second kappa shape index (κ2) is 23.7. The topological polar surface area (TPSA) is 61.8 Å². The van der Waals surface area contributed by atoms with Crippen molar-refractivity contribution in [2.75, 3.05) is 12.3 Å². The first-order valence-electron chi connectivity index (χ1n) is 28.5. The molecule has 0 aliphatic carbocycles. The molecule has 0 saturated heterocycles. The van der Waals surface area contributed by atoms with Gasteiger partial charge >= 0.3 is 504 Å². The van der Waals surface area contributed by atoms with Crippen LogP contribution >= 0.6 is 13.7 Å². The zero-order chi connectivity index (χ0) is 62.4. The molecule has 86 heavy (non-hydrogen) atoms. The number of hydrogen-bond donors (Lipinski definition) is 0. The molecule has 9 rings (SSSR count). The number of halogens is 6. The number of rotatable bonds is 18. The van der Waals surface area contributed by atoms with Crippen molar-refractivity contribution in [3.63, 3.8) is 0 Å². The number of hydrogen-bond acceptors (Lipinski definition) is 5. The monoisotopic (exact) mass is 1200 g/mol. The molecule has 0 fully saturated rings. The Balaban J connectivity index is 1.62. The van der Waals surface area contributed by atoms with E-state index in [1.807, 2.05) is 192 Å². The number of alkyl halides is 6. The molecule has 5 nitrogen and oxygen atoms in total. The molecule has 0 aliphatic heterocycles. The van der Waals surface area contributed by atoms with Crippen molar-refractivity contribution in [1.82, 2.24) is 0 Å². The van der Waals surface area contributed by atoms with Gasteiger partial charge in [0, 0.05) is 0 Å². The first-order chi connectivity index (χ1) is 40.6. The van der Waals surface area contributed by atoms with Crippen molar-refractivity contribution in [3.05, 3.63) is 277 Å². The van der Waals surface area contributed by atoms with Gasteiger partial charge in [0.25, 0.3) is 0 Å². The van der Waals surface area contributed by atoms with E-state index in [-0.39, 0.29) is 6.07 Å². The van der Waals surface area contributed by atoms with E-state index in [0.717, 1.165) is 33.4 Å². The number of aryl methyl sites for hydroxylation is 6. The van der Waals surface area contributed by atoms with Crippen LogP contribution in [0.3, 0.4) is 0 Å². The summed E-state index contributed by atoms with van der Waals surface area (Å²) in [6, 6.07) is 52.8. The predicted octanol–water partition coefficient (Wildman–Crippen LogP) is 16.5. The molecular weight excluding hydrogens is 1130 g/mol. The van der Waals surface area contributed by atoms with Crippen LogP contribution in [0.5, 0.6) is 5.75 Å². The van der Waals surface area contributed by atoms with Crippen LogP contribution in [-0.4, -0.2) is 31.2 Å². The van der Waals surface area contributed by atoms with Gasteiger partial charge in [-0.3, -0.25) is 0 Å². The van der Waals surface area contributed by atoms with Crippen molar-refractivity contribution in [2.24, 2.45) is 0 Å². The van der Waals surface area contributed by atoms with Crippen molar-refractivity contribution >= 4 is 64.4 Å². The van der Waals surface area contributed by atoms with Gasteiger partial charge in [0.2, 0.25) is 0 Å². The third-order valence-corrected chi connectivity index (χ3v) is 30.1. The summed E-state index contributed by atoms with van der Waals surface area (Å²) in [5.41, 5.74) is 6.27. The second-order valence-corrected chi connectivity index (χ2v) is 31.8. The normalized spacial score (nSPS) is 13.1. The summed E-state index contributed by atoms with van der Waals surface area (Å²) in [6.45, 7) is 12.0. The third kappa shape index (κ3) is 10.9. The van der Waals surface area contributed by atoms with Crippen molar-refractivity contribution < 1.29 is 49.5 Å². The summed E-state index contributed by atoms with van der Waals surface area (Å²) in [6.07, 6.45) is -11.5. The van der Waals surface area contributed by atoms with Crippen LogP contribution < -0.4 is 36.5 Å². The Labute approximate surface area is 502 Å². The molecule has 0 spiro atoms. The van der Waals surface area contributed by atoms with Crippen molar-refractivity contribution in [1.29, 1.82) is 0 Å². The number of ketones is 2. The Hall–Kier alpha value is -7.46. The van der Waals surface area contributed by atoms with Crippen molar-refractivity contribution in [3.8, 4) is 5.75 Å². The van der Waals surface area contributed by atoms with Gasteiger partial charge in [0.15, 0.2) is 0 Å². The fourth-order valence-electron chi connectivity index (χ4n) is 12.7. The summed E-state index contributed by atoms with van der Waals surface area (Å²) in [5.74, 6) is -1.68. The maximum atomic E-state index is 16.4. The Bertz CT molecular complexity index is 3570. The van der Waals surface area contributed by atoms with E-state index in [4.69, 9.17) is 13.5 Å². The molecule has 9 aromatic carbocycles. The van der Waals surface area contributed by atoms with Crippen LogP contribution in [0.4, 0.5) is 26.3 Å². The van der Waals surface area contributed by atoms with Crippen LogP contribution in [0.2, 0.25) is 0 Å². The van der Waals surface area contributed by atoms with E-state index in [9.17, 15) is 0 Å². The molecule has 444 valence electrons. The van der Waals surface area contributed by atoms with Gasteiger partial charge in [-0.1, -0.05) is 0 Å². The fourth-order valence-corrected chi connectivity index (χ4v) is 26.3. The molecule has 0 saturated carbocycles. The molecule has 0 heterocycles. The zero-order valence-electron chi connectivity index (χ0n) is 50.6. The van der Waals surface area contributed by atoms with Crippen LogP contribution in [0.15, 0.2) is 188 Å².